The van der Waals surface area contributed by atoms with E-state index in [-0.39, 0.29) is 5.75 Å². The fourth-order valence-corrected chi connectivity index (χ4v) is 2.86. The third-order valence-electron chi connectivity index (χ3n) is 4.03. The van der Waals surface area contributed by atoms with Crippen LogP contribution in [0, 0.1) is 0 Å². The SMILES string of the molecule is COc1ccc2nc(-c3cccnc3)nc(Nc3cc(O)ccc3Cl)c2c1. The Bertz CT molecular complexity index is 1120. The number of phenolic OH excluding ortho intramolecular Hbond substituents is 1. The lowest BCUT2D eigenvalue weighted by atomic mass is 10.2. The first kappa shape index (κ1) is 17.1. The standard InChI is InChI=1S/C20H15ClN4O2/c1-27-14-5-7-17-15(10-14)20(24-18-9-13(26)4-6-16(18)21)25-19(23-17)12-3-2-8-22-11-12/h2-11,26H,1H3,(H,23,24,25). The molecular weight excluding hydrogens is 364 g/mol. The number of phenols is 1. The van der Waals surface area contributed by atoms with Crippen LogP contribution in [0.1, 0.15) is 0 Å². The molecule has 0 saturated heterocycles. The average molecular weight is 379 g/mol. The molecule has 0 unspecified atom stereocenters. The third kappa shape index (κ3) is 3.47. The van der Waals surface area contributed by atoms with E-state index in [9.17, 15) is 5.11 Å². The van der Waals surface area contributed by atoms with E-state index in [1.54, 1.807) is 31.6 Å². The minimum absolute atomic E-state index is 0.102. The van der Waals surface area contributed by atoms with E-state index in [4.69, 9.17) is 16.3 Å². The van der Waals surface area contributed by atoms with Crippen LogP contribution in [0.4, 0.5) is 11.5 Å². The Morgan fingerprint density at radius 1 is 1.07 bits per heavy atom. The fraction of sp³-hybridized carbons (Fsp3) is 0.0500. The molecule has 0 bridgehead atoms. The van der Waals surface area contributed by atoms with E-state index < -0.39 is 0 Å². The molecule has 0 aliphatic carbocycles. The van der Waals surface area contributed by atoms with Gasteiger partial charge in [0.2, 0.25) is 0 Å². The number of anilines is 2. The lowest BCUT2D eigenvalue weighted by Gasteiger charge is -2.13. The number of ether oxygens (including phenoxy) is 1. The molecule has 0 radical (unpaired) electrons. The van der Waals surface area contributed by atoms with Crippen molar-refractivity contribution in [1.82, 2.24) is 15.0 Å². The van der Waals surface area contributed by atoms with Gasteiger partial charge in [-0.05, 0) is 42.5 Å². The van der Waals surface area contributed by atoms with Crippen LogP contribution in [0.3, 0.4) is 0 Å². The van der Waals surface area contributed by atoms with Gasteiger partial charge < -0.3 is 15.2 Å². The van der Waals surface area contributed by atoms with Crippen LogP contribution < -0.4 is 10.1 Å². The number of hydrogen-bond donors (Lipinski definition) is 2. The number of aromatic nitrogens is 3. The van der Waals surface area contributed by atoms with E-state index in [1.165, 1.54) is 6.07 Å². The van der Waals surface area contributed by atoms with Gasteiger partial charge in [-0.2, -0.15) is 0 Å². The highest BCUT2D eigenvalue weighted by atomic mass is 35.5. The van der Waals surface area contributed by atoms with Crippen LogP contribution >= 0.6 is 11.6 Å². The van der Waals surface area contributed by atoms with Gasteiger partial charge in [-0.15, -0.1) is 0 Å². The van der Waals surface area contributed by atoms with Crippen LogP contribution in [-0.4, -0.2) is 27.2 Å². The molecule has 4 aromatic rings. The van der Waals surface area contributed by atoms with Crippen LogP contribution in [0.25, 0.3) is 22.3 Å². The fourth-order valence-electron chi connectivity index (χ4n) is 2.69. The Kier molecular flexibility index (Phi) is 4.48. The summed E-state index contributed by atoms with van der Waals surface area (Å²) in [5.41, 5.74) is 2.07. The van der Waals surface area contributed by atoms with Crippen molar-refractivity contribution in [2.45, 2.75) is 0 Å². The first-order valence-corrected chi connectivity index (χ1v) is 8.53. The van der Waals surface area contributed by atoms with Crippen molar-refractivity contribution in [3.8, 4) is 22.9 Å². The third-order valence-corrected chi connectivity index (χ3v) is 4.36. The molecule has 2 aromatic heterocycles. The highest BCUT2D eigenvalue weighted by Gasteiger charge is 2.13. The molecular formula is C20H15ClN4O2. The molecule has 0 amide bonds. The summed E-state index contributed by atoms with van der Waals surface area (Å²) in [5.74, 6) is 1.86. The van der Waals surface area contributed by atoms with Crippen molar-refractivity contribution < 1.29 is 9.84 Å². The summed E-state index contributed by atoms with van der Waals surface area (Å²) in [7, 11) is 1.60. The van der Waals surface area contributed by atoms with Crippen LogP contribution in [0.15, 0.2) is 60.9 Å². The molecule has 27 heavy (non-hydrogen) atoms. The van der Waals surface area contributed by atoms with E-state index in [0.717, 1.165) is 16.5 Å². The minimum Gasteiger partial charge on any atom is -0.508 e. The summed E-state index contributed by atoms with van der Waals surface area (Å²) in [4.78, 5) is 13.4. The lowest BCUT2D eigenvalue weighted by molar-refractivity contribution is 0.415. The van der Waals surface area contributed by atoms with Crippen molar-refractivity contribution in [3.63, 3.8) is 0 Å². The summed E-state index contributed by atoms with van der Waals surface area (Å²) >= 11 is 6.26. The zero-order valence-corrected chi connectivity index (χ0v) is 15.1. The Balaban J connectivity index is 1.91. The van der Waals surface area contributed by atoms with E-state index in [1.807, 2.05) is 30.3 Å². The van der Waals surface area contributed by atoms with Crippen LogP contribution in [0.2, 0.25) is 5.02 Å². The number of nitrogens with zero attached hydrogens (tertiary/aromatic N) is 3. The second kappa shape index (κ2) is 7.09. The second-order valence-electron chi connectivity index (χ2n) is 5.81. The predicted molar refractivity (Wildman–Crippen MR) is 106 cm³/mol. The first-order chi connectivity index (χ1) is 13.1. The van der Waals surface area contributed by atoms with E-state index >= 15 is 0 Å². The number of nitrogens with one attached hydrogen (secondary N) is 1. The molecule has 6 nitrogen and oxygen atoms in total. The van der Waals surface area contributed by atoms with Crippen molar-refractivity contribution in [2.24, 2.45) is 0 Å². The highest BCUT2D eigenvalue weighted by molar-refractivity contribution is 6.33. The molecule has 0 spiro atoms. The maximum Gasteiger partial charge on any atom is 0.163 e. The zero-order chi connectivity index (χ0) is 18.8. The highest BCUT2D eigenvalue weighted by Crippen LogP contribution is 2.33. The monoisotopic (exact) mass is 378 g/mol. The van der Waals surface area contributed by atoms with Gasteiger partial charge in [0.1, 0.15) is 17.3 Å². The van der Waals surface area contributed by atoms with Crippen molar-refractivity contribution >= 4 is 34.0 Å². The average Bonchev–Trinajstić information content (AvgIpc) is 2.71. The molecule has 7 heteroatoms. The predicted octanol–water partition coefficient (Wildman–Crippen LogP) is 4.80. The summed E-state index contributed by atoms with van der Waals surface area (Å²) in [5, 5.41) is 14.2. The number of benzene rings is 2. The van der Waals surface area contributed by atoms with Gasteiger partial charge in [-0.25, -0.2) is 9.97 Å². The maximum atomic E-state index is 9.78. The van der Waals surface area contributed by atoms with E-state index in [2.05, 4.69) is 20.3 Å². The van der Waals surface area contributed by atoms with Gasteiger partial charge in [0, 0.05) is 29.4 Å². The Hall–Kier alpha value is -3.38. The van der Waals surface area contributed by atoms with Gasteiger partial charge >= 0.3 is 0 Å². The lowest BCUT2D eigenvalue weighted by Crippen LogP contribution is -2.00. The molecule has 0 saturated carbocycles. The van der Waals surface area contributed by atoms with Gasteiger partial charge in [0.05, 0.1) is 23.3 Å². The quantitative estimate of drug-likeness (QED) is 0.530. The van der Waals surface area contributed by atoms with Gasteiger partial charge in [-0.1, -0.05) is 11.6 Å². The summed E-state index contributed by atoms with van der Waals surface area (Å²) in [6, 6.07) is 14.0. The smallest absolute Gasteiger partial charge is 0.163 e. The second-order valence-corrected chi connectivity index (χ2v) is 6.22. The Morgan fingerprint density at radius 3 is 2.74 bits per heavy atom. The van der Waals surface area contributed by atoms with Crippen molar-refractivity contribution in [3.05, 3.63) is 65.9 Å². The molecule has 4 rings (SSSR count). The van der Waals surface area contributed by atoms with Gasteiger partial charge in [0.15, 0.2) is 5.82 Å². The van der Waals surface area contributed by atoms with E-state index in [0.29, 0.717) is 28.1 Å². The topological polar surface area (TPSA) is 80.2 Å². The number of pyridine rings is 1. The number of rotatable bonds is 4. The largest absolute Gasteiger partial charge is 0.508 e. The van der Waals surface area contributed by atoms with Gasteiger partial charge in [0.25, 0.3) is 0 Å². The van der Waals surface area contributed by atoms with Crippen molar-refractivity contribution in [1.29, 1.82) is 0 Å². The number of fused-ring (bicyclic) bond motifs is 1. The molecule has 0 aliphatic heterocycles. The van der Waals surface area contributed by atoms with Gasteiger partial charge in [-0.3, -0.25) is 4.98 Å². The number of methoxy groups -OCH3 is 1. The molecule has 2 N–H and O–H groups in total. The normalized spacial score (nSPS) is 10.7. The molecule has 0 fully saturated rings. The Labute approximate surface area is 160 Å². The Morgan fingerprint density at radius 2 is 1.96 bits per heavy atom. The summed E-state index contributed by atoms with van der Waals surface area (Å²) in [6.45, 7) is 0. The molecule has 0 atom stereocenters. The summed E-state index contributed by atoms with van der Waals surface area (Å²) in [6.07, 6.45) is 3.40. The van der Waals surface area contributed by atoms with Crippen LogP contribution in [0.5, 0.6) is 11.5 Å². The zero-order valence-electron chi connectivity index (χ0n) is 14.3. The number of aromatic hydroxyl groups is 1. The molecule has 134 valence electrons. The van der Waals surface area contributed by atoms with Crippen LogP contribution in [-0.2, 0) is 0 Å². The number of hydrogen-bond acceptors (Lipinski definition) is 6. The maximum absolute atomic E-state index is 9.78. The molecule has 0 aliphatic rings. The molecule has 2 aromatic carbocycles. The summed E-state index contributed by atoms with van der Waals surface area (Å²) < 4.78 is 5.33. The number of halogens is 1. The van der Waals surface area contributed by atoms with Crippen molar-refractivity contribution in [2.75, 3.05) is 12.4 Å². The minimum atomic E-state index is 0.102. The first-order valence-electron chi connectivity index (χ1n) is 8.16. The molecule has 2 heterocycles.